The first kappa shape index (κ1) is 18.7. The second kappa shape index (κ2) is 8.19. The zero-order valence-corrected chi connectivity index (χ0v) is 17.4. The van der Waals surface area contributed by atoms with Gasteiger partial charge < -0.3 is 14.8 Å². The fourth-order valence-corrected chi connectivity index (χ4v) is 4.35. The summed E-state index contributed by atoms with van der Waals surface area (Å²) in [7, 11) is 1.96. The minimum atomic E-state index is -0.182. The SMILES string of the molecule is Cn1ccnc1C(Cc1ccccc1)NC(=O)N1CCc2c(Br)cccc2C1. The molecule has 2 heterocycles. The van der Waals surface area contributed by atoms with E-state index >= 15 is 0 Å². The van der Waals surface area contributed by atoms with Crippen LogP contribution in [0.5, 0.6) is 0 Å². The first-order valence-electron chi connectivity index (χ1n) is 9.44. The van der Waals surface area contributed by atoms with Gasteiger partial charge in [0.25, 0.3) is 0 Å². The van der Waals surface area contributed by atoms with Crippen molar-refractivity contribution >= 4 is 22.0 Å². The maximum atomic E-state index is 13.1. The van der Waals surface area contributed by atoms with Crippen LogP contribution in [-0.4, -0.2) is 27.0 Å². The molecule has 28 heavy (non-hydrogen) atoms. The predicted octanol–water partition coefficient (Wildman–Crippen LogP) is 4.23. The molecule has 5 nitrogen and oxygen atoms in total. The number of halogens is 1. The van der Waals surface area contributed by atoms with Crippen LogP contribution >= 0.6 is 15.9 Å². The molecule has 1 aromatic heterocycles. The standard InChI is InChI=1S/C22H23BrN4O/c1-26-13-11-24-21(26)20(14-16-6-3-2-4-7-16)25-22(28)27-12-10-18-17(15-27)8-5-9-19(18)23/h2-9,11,13,20H,10,12,14-15H2,1H3,(H,25,28). The third kappa shape index (κ3) is 3.97. The van der Waals surface area contributed by atoms with Crippen molar-refractivity contribution in [1.82, 2.24) is 19.8 Å². The van der Waals surface area contributed by atoms with Gasteiger partial charge in [-0.05, 0) is 35.6 Å². The van der Waals surface area contributed by atoms with Crippen molar-refractivity contribution in [1.29, 1.82) is 0 Å². The van der Waals surface area contributed by atoms with Gasteiger partial charge in [0.1, 0.15) is 5.82 Å². The molecular weight excluding hydrogens is 416 g/mol. The van der Waals surface area contributed by atoms with Crippen LogP contribution < -0.4 is 5.32 Å². The summed E-state index contributed by atoms with van der Waals surface area (Å²) in [6.45, 7) is 1.33. The topological polar surface area (TPSA) is 50.2 Å². The molecule has 1 unspecified atom stereocenters. The summed E-state index contributed by atoms with van der Waals surface area (Å²) in [6, 6.07) is 16.2. The molecule has 144 valence electrons. The van der Waals surface area contributed by atoms with Gasteiger partial charge in [0.05, 0.1) is 6.04 Å². The molecule has 6 heteroatoms. The number of aromatic nitrogens is 2. The molecule has 0 saturated carbocycles. The van der Waals surface area contributed by atoms with Crippen molar-refractivity contribution in [2.24, 2.45) is 7.05 Å². The van der Waals surface area contributed by atoms with Gasteiger partial charge in [0, 0.05) is 37.0 Å². The summed E-state index contributed by atoms with van der Waals surface area (Å²) in [4.78, 5) is 19.4. The minimum Gasteiger partial charge on any atom is -0.336 e. The summed E-state index contributed by atoms with van der Waals surface area (Å²) < 4.78 is 3.09. The molecule has 2 amide bonds. The van der Waals surface area contributed by atoms with Crippen molar-refractivity contribution in [3.63, 3.8) is 0 Å². The molecular formula is C22H23BrN4O. The summed E-state index contributed by atoms with van der Waals surface area (Å²) in [6.07, 6.45) is 5.24. The van der Waals surface area contributed by atoms with Crippen LogP contribution in [0.15, 0.2) is 65.4 Å². The van der Waals surface area contributed by atoms with Gasteiger partial charge in [-0.1, -0.05) is 58.4 Å². The number of urea groups is 1. The molecule has 1 atom stereocenters. The highest BCUT2D eigenvalue weighted by molar-refractivity contribution is 9.10. The lowest BCUT2D eigenvalue weighted by atomic mass is 10.00. The number of hydrogen-bond donors (Lipinski definition) is 1. The van der Waals surface area contributed by atoms with Crippen LogP contribution in [0.4, 0.5) is 4.79 Å². The molecule has 1 aliphatic rings. The lowest BCUT2D eigenvalue weighted by Crippen LogP contribution is -2.45. The predicted molar refractivity (Wildman–Crippen MR) is 113 cm³/mol. The summed E-state index contributed by atoms with van der Waals surface area (Å²) in [5.74, 6) is 0.859. The van der Waals surface area contributed by atoms with E-state index in [-0.39, 0.29) is 12.1 Å². The van der Waals surface area contributed by atoms with Gasteiger partial charge in [-0.25, -0.2) is 9.78 Å². The second-order valence-electron chi connectivity index (χ2n) is 7.14. The quantitative estimate of drug-likeness (QED) is 0.662. The molecule has 0 spiro atoms. The van der Waals surface area contributed by atoms with Crippen molar-refractivity contribution in [2.45, 2.75) is 25.4 Å². The molecule has 0 saturated heterocycles. The highest BCUT2D eigenvalue weighted by atomic mass is 79.9. The maximum Gasteiger partial charge on any atom is 0.318 e. The van der Waals surface area contributed by atoms with Crippen LogP contribution in [-0.2, 0) is 26.4 Å². The Balaban J connectivity index is 1.52. The minimum absolute atomic E-state index is 0.0467. The molecule has 0 radical (unpaired) electrons. The van der Waals surface area contributed by atoms with E-state index < -0.39 is 0 Å². The Kier molecular flexibility index (Phi) is 5.48. The van der Waals surface area contributed by atoms with Gasteiger partial charge in [-0.15, -0.1) is 0 Å². The Morgan fingerprint density at radius 1 is 1.21 bits per heavy atom. The third-order valence-corrected chi connectivity index (χ3v) is 5.99. The summed E-state index contributed by atoms with van der Waals surface area (Å²) in [5, 5.41) is 3.22. The van der Waals surface area contributed by atoms with Crippen LogP contribution in [0.25, 0.3) is 0 Å². The van der Waals surface area contributed by atoms with Crippen LogP contribution in [0.3, 0.4) is 0 Å². The Labute approximate surface area is 173 Å². The first-order valence-corrected chi connectivity index (χ1v) is 10.2. The zero-order valence-electron chi connectivity index (χ0n) is 15.8. The van der Waals surface area contributed by atoms with Crippen LogP contribution in [0.1, 0.15) is 28.6 Å². The van der Waals surface area contributed by atoms with E-state index in [1.165, 1.54) is 16.7 Å². The van der Waals surface area contributed by atoms with E-state index in [1.54, 1.807) is 6.20 Å². The molecule has 4 rings (SSSR count). The highest BCUT2D eigenvalue weighted by Crippen LogP contribution is 2.27. The van der Waals surface area contributed by atoms with E-state index in [0.717, 1.165) is 16.7 Å². The van der Waals surface area contributed by atoms with Crippen LogP contribution in [0, 0.1) is 0 Å². The Hall–Kier alpha value is -2.60. The Bertz CT molecular complexity index is 970. The molecule has 3 aromatic rings. The lowest BCUT2D eigenvalue weighted by Gasteiger charge is -2.31. The number of fused-ring (bicyclic) bond motifs is 1. The number of imidazole rings is 1. The van der Waals surface area contributed by atoms with Crippen molar-refractivity contribution in [3.8, 4) is 0 Å². The number of carbonyl (C=O) groups is 1. The van der Waals surface area contributed by atoms with Crippen molar-refractivity contribution in [3.05, 3.63) is 87.9 Å². The average molecular weight is 439 g/mol. The third-order valence-electron chi connectivity index (χ3n) is 5.25. The molecule has 0 aliphatic carbocycles. The van der Waals surface area contributed by atoms with E-state index in [0.29, 0.717) is 19.5 Å². The van der Waals surface area contributed by atoms with E-state index in [4.69, 9.17) is 0 Å². The van der Waals surface area contributed by atoms with Gasteiger partial charge in [0.15, 0.2) is 0 Å². The molecule has 2 aromatic carbocycles. The van der Waals surface area contributed by atoms with Crippen molar-refractivity contribution < 1.29 is 4.79 Å². The number of benzene rings is 2. The zero-order chi connectivity index (χ0) is 19.5. The molecule has 1 aliphatic heterocycles. The second-order valence-corrected chi connectivity index (χ2v) is 7.99. The molecule has 0 fully saturated rings. The molecule has 1 N–H and O–H groups in total. The van der Waals surface area contributed by atoms with Gasteiger partial charge in [-0.3, -0.25) is 0 Å². The van der Waals surface area contributed by atoms with E-state index in [9.17, 15) is 4.79 Å². The Morgan fingerprint density at radius 3 is 2.79 bits per heavy atom. The van der Waals surface area contributed by atoms with Gasteiger partial charge in [-0.2, -0.15) is 0 Å². The Morgan fingerprint density at radius 2 is 2.04 bits per heavy atom. The number of nitrogens with one attached hydrogen (secondary N) is 1. The number of hydrogen-bond acceptors (Lipinski definition) is 2. The van der Waals surface area contributed by atoms with Crippen LogP contribution in [0.2, 0.25) is 0 Å². The smallest absolute Gasteiger partial charge is 0.318 e. The number of aryl methyl sites for hydroxylation is 1. The highest BCUT2D eigenvalue weighted by Gasteiger charge is 2.25. The lowest BCUT2D eigenvalue weighted by molar-refractivity contribution is 0.187. The largest absolute Gasteiger partial charge is 0.336 e. The summed E-state index contributed by atoms with van der Waals surface area (Å²) in [5.41, 5.74) is 3.67. The van der Waals surface area contributed by atoms with E-state index in [1.807, 2.05) is 47.0 Å². The van der Waals surface area contributed by atoms with Gasteiger partial charge in [0.2, 0.25) is 0 Å². The number of rotatable bonds is 4. The normalized spacial score (nSPS) is 14.4. The number of nitrogens with zero attached hydrogens (tertiary/aromatic N) is 3. The van der Waals surface area contributed by atoms with E-state index in [2.05, 4.69) is 50.5 Å². The average Bonchev–Trinajstić information content (AvgIpc) is 3.14. The van der Waals surface area contributed by atoms with Crippen molar-refractivity contribution in [2.75, 3.05) is 6.54 Å². The first-order chi connectivity index (χ1) is 13.6. The number of amides is 2. The fraction of sp³-hybridized carbons (Fsp3) is 0.273. The fourth-order valence-electron chi connectivity index (χ4n) is 3.75. The maximum absolute atomic E-state index is 13.1. The summed E-state index contributed by atoms with van der Waals surface area (Å²) >= 11 is 3.62. The molecule has 0 bridgehead atoms. The monoisotopic (exact) mass is 438 g/mol. The van der Waals surface area contributed by atoms with Gasteiger partial charge >= 0.3 is 6.03 Å². The number of carbonyl (C=O) groups excluding carboxylic acids is 1.